The van der Waals surface area contributed by atoms with Gasteiger partial charge in [0.2, 0.25) is 0 Å². The molecule has 12 nitrogen and oxygen atoms in total. The first-order valence-corrected chi connectivity index (χ1v) is 24.7. The van der Waals surface area contributed by atoms with Gasteiger partial charge in [0.15, 0.2) is 6.10 Å². The van der Waals surface area contributed by atoms with Crippen molar-refractivity contribution in [3.05, 3.63) is 97.2 Å². The summed E-state index contributed by atoms with van der Waals surface area (Å²) in [4.78, 5) is 35.6. The number of hydrogen-bond acceptors (Lipinski definition) is 10. The summed E-state index contributed by atoms with van der Waals surface area (Å²) in [5.41, 5.74) is 0. The number of likely N-dealkylation sites (N-methyl/N-ethyl adjacent to an activating group) is 1. The lowest BCUT2D eigenvalue weighted by Crippen LogP contribution is -2.37. The molecule has 0 bridgehead atoms. The zero-order valence-corrected chi connectivity index (χ0v) is 40.0. The van der Waals surface area contributed by atoms with E-state index in [1.54, 1.807) is 6.08 Å². The highest BCUT2D eigenvalue weighted by molar-refractivity contribution is 7.47. The number of phosphoric ester groups is 1. The first-order chi connectivity index (χ1) is 30.2. The number of phosphoric acid groups is 1. The van der Waals surface area contributed by atoms with Crippen LogP contribution in [0.1, 0.15) is 123 Å². The van der Waals surface area contributed by atoms with E-state index in [1.165, 1.54) is 0 Å². The van der Waals surface area contributed by atoms with Crippen molar-refractivity contribution >= 4 is 19.8 Å². The number of unbranched alkanes of at least 4 members (excludes halogenated alkanes) is 3. The summed E-state index contributed by atoms with van der Waals surface area (Å²) in [5.74, 6) is -1.52. The first kappa shape index (κ1) is 57.8. The average molecular weight is 905 g/mol. The first-order valence-electron chi connectivity index (χ1n) is 23.2. The predicted octanol–water partition coefficient (Wildman–Crippen LogP) is 9.73. The third kappa shape index (κ3) is 33.0. The minimum atomic E-state index is -4.47. The number of hydrogen-bond donors (Lipinski definition) is 4. The molecule has 4 N–H and O–H groups in total. The Kier molecular flexibility index (Phi) is 33.1. The van der Waals surface area contributed by atoms with E-state index < -0.39 is 50.8 Å². The molecule has 0 spiro atoms. The van der Waals surface area contributed by atoms with Crippen LogP contribution in [-0.4, -0.2) is 109 Å². The molecule has 7 atom stereocenters. The molecule has 0 saturated heterocycles. The summed E-state index contributed by atoms with van der Waals surface area (Å²) < 4.78 is 34.2. The molecular formula is C50H83NO11P+. The fourth-order valence-electron chi connectivity index (χ4n) is 6.50. The highest BCUT2D eigenvalue weighted by Crippen LogP contribution is 2.43. The van der Waals surface area contributed by atoms with Crippen LogP contribution in [0.2, 0.25) is 0 Å². The predicted molar refractivity (Wildman–Crippen MR) is 253 cm³/mol. The van der Waals surface area contributed by atoms with Gasteiger partial charge in [-0.3, -0.25) is 18.6 Å². The molecule has 358 valence electrons. The number of rotatable bonds is 36. The second-order valence-corrected chi connectivity index (χ2v) is 18.5. The van der Waals surface area contributed by atoms with Crippen LogP contribution in [0.4, 0.5) is 0 Å². The van der Waals surface area contributed by atoms with Crippen LogP contribution >= 0.6 is 7.82 Å². The van der Waals surface area contributed by atoms with E-state index in [-0.39, 0.29) is 44.3 Å². The Morgan fingerprint density at radius 3 is 1.89 bits per heavy atom. The second-order valence-electron chi connectivity index (χ2n) is 17.0. The fraction of sp³-hybridized carbons (Fsp3) is 0.640. The van der Waals surface area contributed by atoms with E-state index in [1.807, 2.05) is 51.5 Å². The SMILES string of the molecule is CC/C=C\C/C=C\C/C=C\C/C=C\C/C=C\C/C=C\CCC(=O)O[C@H](COC(=O)CCC/C=C/C[C@@H]1[C@@H](/C=C/[C@@H](O)CCCCC)[C@H](O)C[C@@H]1O)COP(=O)(O)OCC[N+](C)(C)C. The van der Waals surface area contributed by atoms with Crippen LogP contribution in [0.15, 0.2) is 97.2 Å². The second kappa shape index (κ2) is 36.1. The van der Waals surface area contributed by atoms with Crippen molar-refractivity contribution in [1.29, 1.82) is 0 Å². The number of quaternary nitrogens is 1. The van der Waals surface area contributed by atoms with E-state index in [9.17, 15) is 34.4 Å². The summed E-state index contributed by atoms with van der Waals surface area (Å²) in [5, 5.41) is 31.4. The summed E-state index contributed by atoms with van der Waals surface area (Å²) in [7, 11) is 1.28. The molecule has 1 saturated carbocycles. The van der Waals surface area contributed by atoms with E-state index in [4.69, 9.17) is 18.5 Å². The quantitative estimate of drug-likeness (QED) is 0.0155. The highest BCUT2D eigenvalue weighted by atomic mass is 31.2. The minimum absolute atomic E-state index is 0.0265. The van der Waals surface area contributed by atoms with E-state index in [0.717, 1.165) is 57.8 Å². The molecule has 0 aromatic rings. The van der Waals surface area contributed by atoms with Gasteiger partial charge in [-0.1, -0.05) is 130 Å². The smallest absolute Gasteiger partial charge is 0.462 e. The summed E-state index contributed by atoms with van der Waals surface area (Å²) in [6.45, 7) is 3.81. The molecule has 0 aliphatic heterocycles. The molecule has 1 aliphatic rings. The summed E-state index contributed by atoms with van der Waals surface area (Å²) in [6, 6.07) is 0. The normalized spacial score (nSPS) is 20.8. The van der Waals surface area contributed by atoms with Crippen molar-refractivity contribution in [2.45, 2.75) is 147 Å². The van der Waals surface area contributed by atoms with Gasteiger partial charge in [0, 0.05) is 25.2 Å². The van der Waals surface area contributed by atoms with Crippen LogP contribution in [0, 0.1) is 11.8 Å². The van der Waals surface area contributed by atoms with Gasteiger partial charge >= 0.3 is 19.8 Å². The summed E-state index contributed by atoms with van der Waals surface area (Å²) >= 11 is 0. The maximum Gasteiger partial charge on any atom is 0.472 e. The van der Waals surface area contributed by atoms with Crippen molar-refractivity contribution in [3.8, 4) is 0 Å². The van der Waals surface area contributed by atoms with Crippen LogP contribution in [0.25, 0.3) is 0 Å². The van der Waals surface area contributed by atoms with Gasteiger partial charge in [-0.2, -0.15) is 0 Å². The van der Waals surface area contributed by atoms with Gasteiger partial charge in [-0.05, 0) is 76.5 Å². The van der Waals surface area contributed by atoms with E-state index in [0.29, 0.717) is 43.1 Å². The van der Waals surface area contributed by atoms with Crippen molar-refractivity contribution in [1.82, 2.24) is 0 Å². The molecule has 1 aliphatic carbocycles. The largest absolute Gasteiger partial charge is 0.472 e. The number of carbonyl (C=O) groups excluding carboxylic acids is 2. The monoisotopic (exact) mass is 905 g/mol. The Hall–Kier alpha value is -3.19. The Balaban J connectivity index is 2.54. The number of allylic oxidation sites excluding steroid dienone is 14. The van der Waals surface area contributed by atoms with Crippen LogP contribution in [0.3, 0.4) is 0 Å². The summed E-state index contributed by atoms with van der Waals surface area (Å²) in [6.07, 6.45) is 41.4. The lowest BCUT2D eigenvalue weighted by Gasteiger charge is -2.24. The lowest BCUT2D eigenvalue weighted by molar-refractivity contribution is -0.870. The van der Waals surface area contributed by atoms with Gasteiger partial charge in [0.05, 0.1) is 46.1 Å². The Morgan fingerprint density at radius 1 is 0.714 bits per heavy atom. The standard InChI is InChI=1S/C50H82NO11P/c1-6-8-10-11-12-13-14-15-16-17-18-19-20-21-22-23-24-25-31-35-50(56)62-44(42-61-63(57,58)60-39-38-51(3,4)5)41-59-49(55)34-30-27-26-29-33-45-46(48(54)40-47(45)53)37-36-43(52)32-28-9-7-2/h8,10,12-13,15-16,18-19,21-22,24-26,29,36-37,43-48,52-54H,6-7,9,11,14,17,20,23,27-28,30-35,38-42H2,1-5H3/p+1/b10-8-,13-12-,16-15-,19-18-,22-21-,25-24-,29-26+,37-36+/t43-,44+,45+,46+,47-,48+/m0/s1. The molecule has 0 heterocycles. The van der Waals surface area contributed by atoms with Crippen molar-refractivity contribution in [2.75, 3.05) is 47.5 Å². The van der Waals surface area contributed by atoms with Crippen LogP contribution < -0.4 is 0 Å². The maximum absolute atomic E-state index is 12.7. The van der Waals surface area contributed by atoms with Crippen molar-refractivity contribution < 1.29 is 57.4 Å². The van der Waals surface area contributed by atoms with Crippen molar-refractivity contribution in [3.63, 3.8) is 0 Å². The molecular weight excluding hydrogens is 822 g/mol. The Morgan fingerprint density at radius 2 is 1.30 bits per heavy atom. The zero-order valence-electron chi connectivity index (χ0n) is 39.1. The maximum atomic E-state index is 12.7. The van der Waals surface area contributed by atoms with Gasteiger partial charge < -0.3 is 34.2 Å². The van der Waals surface area contributed by atoms with E-state index in [2.05, 4.69) is 74.6 Å². The number of esters is 2. The average Bonchev–Trinajstić information content (AvgIpc) is 3.50. The molecule has 0 aromatic carbocycles. The number of carbonyl (C=O) groups is 2. The molecule has 1 fully saturated rings. The van der Waals surface area contributed by atoms with E-state index >= 15 is 0 Å². The third-order valence-electron chi connectivity index (χ3n) is 10.2. The highest BCUT2D eigenvalue weighted by Gasteiger charge is 2.39. The van der Waals surface area contributed by atoms with Gasteiger partial charge in [0.25, 0.3) is 0 Å². The van der Waals surface area contributed by atoms with Gasteiger partial charge in [0.1, 0.15) is 19.8 Å². The van der Waals surface area contributed by atoms with Gasteiger partial charge in [-0.15, -0.1) is 0 Å². The number of nitrogens with zero attached hydrogens (tertiary/aromatic N) is 1. The van der Waals surface area contributed by atoms with Gasteiger partial charge in [-0.25, -0.2) is 4.57 Å². The number of aliphatic hydroxyl groups excluding tert-OH is 3. The molecule has 1 rings (SSSR count). The van der Waals surface area contributed by atoms with Crippen LogP contribution in [-0.2, 0) is 32.7 Å². The molecule has 0 amide bonds. The minimum Gasteiger partial charge on any atom is -0.462 e. The number of ether oxygens (including phenoxy) is 2. The molecule has 0 aromatic heterocycles. The Labute approximate surface area is 380 Å². The zero-order chi connectivity index (χ0) is 46.6. The topological polar surface area (TPSA) is 169 Å². The molecule has 1 unspecified atom stereocenters. The molecule has 13 heteroatoms. The van der Waals surface area contributed by atoms with Crippen LogP contribution in [0.5, 0.6) is 0 Å². The third-order valence-corrected chi connectivity index (χ3v) is 11.2. The van der Waals surface area contributed by atoms with Crippen molar-refractivity contribution in [2.24, 2.45) is 11.8 Å². The molecule has 63 heavy (non-hydrogen) atoms. The molecule has 0 radical (unpaired) electrons. The Bertz CT molecular complexity index is 1510. The number of aliphatic hydroxyl groups is 3. The fourth-order valence-corrected chi connectivity index (χ4v) is 7.24. The lowest BCUT2D eigenvalue weighted by atomic mass is 9.89.